The average Bonchev–Trinajstić information content (AvgIpc) is 2.91. The normalized spacial score (nSPS) is 22.7. The maximum Gasteiger partial charge on any atom is 0.254 e. The number of halogens is 2. The SMILES string of the molecule is CC1(C)C2CC=C(CN(CCN3CCN(C(=O)c4cccc(Br)c4)CC3)C(=O)c3ccc(F)cc3)C1C2. The van der Waals surface area contributed by atoms with Gasteiger partial charge in [-0.15, -0.1) is 0 Å². The Labute approximate surface area is 227 Å². The molecule has 0 aromatic heterocycles. The van der Waals surface area contributed by atoms with Crippen molar-refractivity contribution in [3.63, 3.8) is 0 Å². The van der Waals surface area contributed by atoms with Gasteiger partial charge in [0.1, 0.15) is 5.82 Å². The molecule has 6 rings (SSSR count). The zero-order chi connectivity index (χ0) is 26.2. The standard InChI is InChI=1S/C30H35BrFN3O2/c1-30(2)24-9-6-23(27(30)19-24)20-35(28(36)21-7-10-26(32)11-8-21)17-14-33-12-15-34(16-13-33)29(37)22-4-3-5-25(31)18-22/h3-8,10-11,18,24,27H,9,12-17,19-20H2,1-2H3. The van der Waals surface area contributed by atoms with Crippen LogP contribution in [0.25, 0.3) is 0 Å². The molecule has 2 unspecified atom stereocenters. The second kappa shape index (κ2) is 10.7. The third-order valence-corrected chi connectivity index (χ3v) is 9.24. The molecule has 2 aromatic rings. The van der Waals surface area contributed by atoms with E-state index in [9.17, 15) is 14.0 Å². The number of amides is 2. The van der Waals surface area contributed by atoms with Crippen molar-refractivity contribution in [1.29, 1.82) is 0 Å². The predicted molar refractivity (Wildman–Crippen MR) is 147 cm³/mol. The maximum absolute atomic E-state index is 13.5. The molecule has 37 heavy (non-hydrogen) atoms. The van der Waals surface area contributed by atoms with Gasteiger partial charge in [0.2, 0.25) is 0 Å². The lowest BCUT2D eigenvalue weighted by molar-refractivity contribution is -0.0105. The van der Waals surface area contributed by atoms with E-state index >= 15 is 0 Å². The van der Waals surface area contributed by atoms with Gasteiger partial charge in [-0.25, -0.2) is 4.39 Å². The van der Waals surface area contributed by atoms with E-state index in [1.807, 2.05) is 34.1 Å². The third kappa shape index (κ3) is 5.53. The van der Waals surface area contributed by atoms with E-state index in [4.69, 9.17) is 0 Å². The van der Waals surface area contributed by atoms with Gasteiger partial charge >= 0.3 is 0 Å². The van der Waals surface area contributed by atoms with Crippen LogP contribution >= 0.6 is 15.9 Å². The number of hydrogen-bond acceptors (Lipinski definition) is 3. The van der Waals surface area contributed by atoms with Gasteiger partial charge in [0, 0.05) is 61.4 Å². The molecular formula is C30H35BrFN3O2. The van der Waals surface area contributed by atoms with E-state index in [1.54, 1.807) is 12.1 Å². The summed E-state index contributed by atoms with van der Waals surface area (Å²) in [5.41, 5.74) is 2.88. The van der Waals surface area contributed by atoms with Gasteiger partial charge in [0.15, 0.2) is 0 Å². The maximum atomic E-state index is 13.5. The highest BCUT2D eigenvalue weighted by molar-refractivity contribution is 9.10. The van der Waals surface area contributed by atoms with Crippen LogP contribution in [0.4, 0.5) is 4.39 Å². The Kier molecular flexibility index (Phi) is 7.55. The van der Waals surface area contributed by atoms with E-state index in [1.165, 1.54) is 24.1 Å². The van der Waals surface area contributed by atoms with Gasteiger partial charge in [0.25, 0.3) is 11.8 Å². The van der Waals surface area contributed by atoms with Crippen LogP contribution in [0.3, 0.4) is 0 Å². The quantitative estimate of drug-likeness (QED) is 0.416. The van der Waals surface area contributed by atoms with Gasteiger partial charge in [0.05, 0.1) is 0 Å². The fraction of sp³-hybridized carbons (Fsp3) is 0.467. The molecule has 0 spiro atoms. The van der Waals surface area contributed by atoms with Crippen LogP contribution < -0.4 is 0 Å². The lowest BCUT2D eigenvalue weighted by atomic mass is 9.49. The van der Waals surface area contributed by atoms with Crippen molar-refractivity contribution in [3.05, 3.63) is 81.6 Å². The first-order valence-corrected chi connectivity index (χ1v) is 14.0. The number of carbonyl (C=O) groups is 2. The van der Waals surface area contributed by atoms with E-state index in [0.29, 0.717) is 48.6 Å². The first-order chi connectivity index (χ1) is 17.7. The molecule has 2 amide bonds. The van der Waals surface area contributed by atoms with Crippen molar-refractivity contribution in [2.45, 2.75) is 26.7 Å². The van der Waals surface area contributed by atoms with Crippen molar-refractivity contribution < 1.29 is 14.0 Å². The Morgan fingerprint density at radius 3 is 2.43 bits per heavy atom. The zero-order valence-corrected chi connectivity index (χ0v) is 23.2. The van der Waals surface area contributed by atoms with E-state index in [2.05, 4.69) is 40.8 Å². The van der Waals surface area contributed by atoms with Crippen molar-refractivity contribution >= 4 is 27.7 Å². The summed E-state index contributed by atoms with van der Waals surface area (Å²) in [4.78, 5) is 32.6. The van der Waals surface area contributed by atoms with Crippen LogP contribution in [0, 0.1) is 23.1 Å². The number of benzene rings is 2. The summed E-state index contributed by atoms with van der Waals surface area (Å²) >= 11 is 3.44. The smallest absolute Gasteiger partial charge is 0.254 e. The van der Waals surface area contributed by atoms with Gasteiger partial charge < -0.3 is 9.80 Å². The minimum Gasteiger partial charge on any atom is -0.336 e. The Hall–Kier alpha value is -2.51. The summed E-state index contributed by atoms with van der Waals surface area (Å²) in [5, 5.41) is 0. The lowest BCUT2D eigenvalue weighted by Gasteiger charge is -2.57. The van der Waals surface area contributed by atoms with Crippen LogP contribution in [0.1, 0.15) is 47.4 Å². The topological polar surface area (TPSA) is 43.9 Å². The number of piperazine rings is 1. The Bertz CT molecular complexity index is 1190. The summed E-state index contributed by atoms with van der Waals surface area (Å²) in [6.45, 7) is 9.55. The minimum atomic E-state index is -0.337. The molecule has 2 bridgehead atoms. The van der Waals surface area contributed by atoms with Crippen LogP contribution in [-0.2, 0) is 0 Å². The Balaban J connectivity index is 1.22. The highest BCUT2D eigenvalue weighted by atomic mass is 79.9. The molecule has 5 nitrogen and oxygen atoms in total. The highest BCUT2D eigenvalue weighted by Crippen LogP contribution is 2.59. The van der Waals surface area contributed by atoms with Crippen LogP contribution in [-0.4, -0.2) is 72.3 Å². The van der Waals surface area contributed by atoms with Crippen molar-refractivity contribution in [3.8, 4) is 0 Å². The number of carbonyl (C=O) groups excluding carboxylic acids is 2. The molecule has 1 saturated heterocycles. The van der Waals surface area contributed by atoms with E-state index in [0.717, 1.165) is 36.4 Å². The summed E-state index contributed by atoms with van der Waals surface area (Å²) < 4.78 is 14.4. The Morgan fingerprint density at radius 1 is 1.05 bits per heavy atom. The fourth-order valence-corrected chi connectivity index (χ4v) is 6.54. The summed E-state index contributed by atoms with van der Waals surface area (Å²) in [7, 11) is 0. The van der Waals surface area contributed by atoms with Gasteiger partial charge in [-0.05, 0) is 72.6 Å². The van der Waals surface area contributed by atoms with Crippen LogP contribution in [0.2, 0.25) is 0 Å². The molecule has 4 aliphatic rings. The van der Waals surface area contributed by atoms with Crippen molar-refractivity contribution in [1.82, 2.24) is 14.7 Å². The van der Waals surface area contributed by atoms with Crippen LogP contribution in [0.5, 0.6) is 0 Å². The molecule has 1 heterocycles. The number of fused-ring (bicyclic) bond motifs is 1. The number of allylic oxidation sites excluding steroid dienone is 1. The monoisotopic (exact) mass is 567 g/mol. The Morgan fingerprint density at radius 2 is 1.78 bits per heavy atom. The average molecular weight is 569 g/mol. The largest absolute Gasteiger partial charge is 0.336 e. The first kappa shape index (κ1) is 26.1. The molecule has 7 heteroatoms. The summed E-state index contributed by atoms with van der Waals surface area (Å²) in [6, 6.07) is 13.4. The van der Waals surface area contributed by atoms with Gasteiger partial charge in [-0.2, -0.15) is 0 Å². The molecule has 0 radical (unpaired) electrons. The van der Waals surface area contributed by atoms with Gasteiger partial charge in [-0.3, -0.25) is 14.5 Å². The molecule has 3 aliphatic carbocycles. The molecule has 2 fully saturated rings. The van der Waals surface area contributed by atoms with E-state index in [-0.39, 0.29) is 17.6 Å². The molecular weight excluding hydrogens is 533 g/mol. The van der Waals surface area contributed by atoms with Gasteiger partial charge in [-0.1, -0.05) is 47.5 Å². The third-order valence-electron chi connectivity index (χ3n) is 8.75. The number of nitrogens with zero attached hydrogens (tertiary/aromatic N) is 3. The van der Waals surface area contributed by atoms with Crippen molar-refractivity contribution in [2.75, 3.05) is 45.8 Å². The molecule has 1 aliphatic heterocycles. The lowest BCUT2D eigenvalue weighted by Crippen LogP contribution is -2.52. The molecule has 2 aromatic carbocycles. The number of rotatable bonds is 7. The molecule has 1 saturated carbocycles. The first-order valence-electron chi connectivity index (χ1n) is 13.2. The number of hydrogen-bond donors (Lipinski definition) is 0. The van der Waals surface area contributed by atoms with Crippen molar-refractivity contribution in [2.24, 2.45) is 17.3 Å². The molecule has 0 N–H and O–H groups in total. The summed E-state index contributed by atoms with van der Waals surface area (Å²) in [5.74, 6) is 0.944. The van der Waals surface area contributed by atoms with E-state index < -0.39 is 0 Å². The second-order valence-corrected chi connectivity index (χ2v) is 12.1. The molecule has 196 valence electrons. The second-order valence-electron chi connectivity index (χ2n) is 11.2. The molecule has 2 atom stereocenters. The zero-order valence-electron chi connectivity index (χ0n) is 21.6. The minimum absolute atomic E-state index is 0.0522. The predicted octanol–water partition coefficient (Wildman–Crippen LogP) is 5.48. The van der Waals surface area contributed by atoms with Crippen LogP contribution in [0.15, 0.2) is 64.7 Å². The summed E-state index contributed by atoms with van der Waals surface area (Å²) in [6.07, 6.45) is 4.65. The fourth-order valence-electron chi connectivity index (χ4n) is 6.14. The highest BCUT2D eigenvalue weighted by Gasteiger charge is 2.51.